The van der Waals surface area contributed by atoms with Crippen LogP contribution in [0, 0.1) is 6.92 Å². The molecule has 1 amide bonds. The molecule has 0 spiro atoms. The smallest absolute Gasteiger partial charge is 0.339 e. The minimum absolute atomic E-state index is 0.0150. The number of carbonyl (C=O) groups excluding carboxylic acids is 2. The summed E-state index contributed by atoms with van der Waals surface area (Å²) in [4.78, 5) is 36.6. The maximum atomic E-state index is 12.7. The number of carboxylic acids is 1. The van der Waals surface area contributed by atoms with Gasteiger partial charge in [-0.25, -0.2) is 9.59 Å². The maximum absolute atomic E-state index is 12.7. The van der Waals surface area contributed by atoms with E-state index in [0.29, 0.717) is 0 Å². The molecule has 5 N–H and O–H groups in total. The number of ether oxygens (including phenoxy) is 1. The highest BCUT2D eigenvalue weighted by atomic mass is 32.2. The van der Waals surface area contributed by atoms with Gasteiger partial charge in [-0.05, 0) is 6.92 Å². The van der Waals surface area contributed by atoms with Crippen molar-refractivity contribution in [3.63, 3.8) is 0 Å². The molecule has 10 heteroatoms. The molecule has 0 saturated carbocycles. The molecule has 0 fully saturated rings. The van der Waals surface area contributed by atoms with E-state index in [1.165, 1.54) is 6.92 Å². The van der Waals surface area contributed by atoms with Crippen molar-refractivity contribution in [1.29, 1.82) is 0 Å². The Morgan fingerprint density at radius 1 is 1.32 bits per heavy atom. The van der Waals surface area contributed by atoms with Crippen LogP contribution in [-0.2, 0) is 20.1 Å². The van der Waals surface area contributed by atoms with Crippen molar-refractivity contribution < 1.29 is 34.4 Å². The van der Waals surface area contributed by atoms with Crippen molar-refractivity contribution in [2.24, 2.45) is 0 Å². The highest BCUT2D eigenvalue weighted by molar-refractivity contribution is 7.98. The number of carboxylic acid groups (broad SMARTS) is 1. The quantitative estimate of drug-likeness (QED) is 0.454. The van der Waals surface area contributed by atoms with Crippen molar-refractivity contribution in [3.8, 4) is 11.5 Å². The number of carbonyl (C=O) groups is 3. The molecule has 1 heterocycles. The largest absolute Gasteiger partial charge is 0.508 e. The van der Waals surface area contributed by atoms with Gasteiger partial charge in [0.1, 0.15) is 30.2 Å². The second-order valence-corrected chi connectivity index (χ2v) is 7.81. The zero-order chi connectivity index (χ0) is 21.0. The fourth-order valence-corrected chi connectivity index (χ4v) is 3.86. The summed E-state index contributed by atoms with van der Waals surface area (Å²) >= 11 is 1.13. The highest BCUT2D eigenvalue weighted by Crippen LogP contribution is 2.35. The first-order chi connectivity index (χ1) is 13.1. The lowest BCUT2D eigenvalue weighted by Crippen LogP contribution is -2.54. The number of nitrogens with one attached hydrogen (secondary N) is 2. The molecule has 2 atom stereocenters. The summed E-state index contributed by atoms with van der Waals surface area (Å²) in [6, 6.07) is -1.09. The van der Waals surface area contributed by atoms with Crippen LogP contribution in [-0.4, -0.2) is 63.7 Å². The van der Waals surface area contributed by atoms with E-state index >= 15 is 0 Å². The van der Waals surface area contributed by atoms with E-state index in [-0.39, 0.29) is 52.3 Å². The predicted molar refractivity (Wildman–Crippen MR) is 103 cm³/mol. The van der Waals surface area contributed by atoms with Crippen molar-refractivity contribution in [1.82, 2.24) is 10.6 Å². The fraction of sp³-hybridized carbons (Fsp3) is 0.500. The first kappa shape index (κ1) is 21.8. The highest BCUT2D eigenvalue weighted by Gasteiger charge is 2.30. The Balaban J connectivity index is 2.44. The van der Waals surface area contributed by atoms with Gasteiger partial charge in [-0.2, -0.15) is 11.8 Å². The number of hydrogen-bond donors (Lipinski definition) is 5. The summed E-state index contributed by atoms with van der Waals surface area (Å²) in [5.41, 5.74) is 0.499. The van der Waals surface area contributed by atoms with Gasteiger partial charge in [-0.3, -0.25) is 4.79 Å². The molecule has 154 valence electrons. The minimum Gasteiger partial charge on any atom is -0.508 e. The zero-order valence-corrected chi connectivity index (χ0v) is 16.6. The van der Waals surface area contributed by atoms with Crippen LogP contribution in [0.25, 0.3) is 0 Å². The van der Waals surface area contributed by atoms with E-state index in [1.54, 1.807) is 13.8 Å². The molecule has 1 aromatic carbocycles. The molecule has 2 rings (SSSR count). The number of phenols is 2. The second kappa shape index (κ2) is 9.16. The Labute approximate surface area is 166 Å². The second-order valence-electron chi connectivity index (χ2n) is 6.78. The van der Waals surface area contributed by atoms with Crippen molar-refractivity contribution in [3.05, 3.63) is 22.8 Å². The van der Waals surface area contributed by atoms with Gasteiger partial charge in [-0.15, -0.1) is 0 Å². The average Bonchev–Trinajstić information content (AvgIpc) is 2.60. The third kappa shape index (κ3) is 5.08. The molecule has 0 aromatic heterocycles. The summed E-state index contributed by atoms with van der Waals surface area (Å²) in [7, 11) is 0. The number of esters is 1. The van der Waals surface area contributed by atoms with Gasteiger partial charge >= 0.3 is 11.9 Å². The van der Waals surface area contributed by atoms with E-state index in [9.17, 15) is 29.7 Å². The van der Waals surface area contributed by atoms with Crippen molar-refractivity contribution >= 4 is 29.6 Å². The summed E-state index contributed by atoms with van der Waals surface area (Å²) in [6.45, 7) is 4.77. The van der Waals surface area contributed by atoms with E-state index < -0.39 is 29.9 Å². The van der Waals surface area contributed by atoms with Crippen LogP contribution in [0.2, 0.25) is 0 Å². The molecule has 0 bridgehead atoms. The lowest BCUT2D eigenvalue weighted by atomic mass is 10.0. The van der Waals surface area contributed by atoms with Crippen molar-refractivity contribution in [2.45, 2.75) is 44.6 Å². The van der Waals surface area contributed by atoms with E-state index in [1.807, 2.05) is 0 Å². The molecule has 1 aromatic rings. The number of fused-ring (bicyclic) bond motifs is 1. The number of rotatable bonds is 3. The first-order valence-corrected chi connectivity index (χ1v) is 9.85. The minimum atomic E-state index is -1.19. The van der Waals surface area contributed by atoms with Gasteiger partial charge in [0.05, 0.1) is 5.56 Å². The number of hydrogen-bond acceptors (Lipinski definition) is 8. The third-order valence-corrected chi connectivity index (χ3v) is 5.29. The van der Waals surface area contributed by atoms with Crippen LogP contribution in [0.4, 0.5) is 0 Å². The van der Waals surface area contributed by atoms with Crippen LogP contribution >= 0.6 is 11.8 Å². The molecule has 0 aliphatic carbocycles. The number of aliphatic carboxylic acids is 1. The Bertz CT molecular complexity index is 782. The van der Waals surface area contributed by atoms with Gasteiger partial charge in [0.25, 0.3) is 0 Å². The number of thioether (sulfide) groups is 1. The SMILES string of the molecule is Cc1c(O)cc(O)c2c1C(=O)OC[C@H](NC(C)C)C(=O)N[C@H](C(=O)O)CSC2. The summed E-state index contributed by atoms with van der Waals surface area (Å²) < 4.78 is 5.27. The molecule has 28 heavy (non-hydrogen) atoms. The Morgan fingerprint density at radius 2 is 2.00 bits per heavy atom. The van der Waals surface area contributed by atoms with Gasteiger partial charge in [-0.1, -0.05) is 13.8 Å². The van der Waals surface area contributed by atoms with E-state index in [2.05, 4.69) is 10.6 Å². The van der Waals surface area contributed by atoms with Gasteiger partial charge < -0.3 is 30.7 Å². The molecule has 0 saturated heterocycles. The first-order valence-electron chi connectivity index (χ1n) is 8.70. The van der Waals surface area contributed by atoms with E-state index in [0.717, 1.165) is 17.8 Å². The van der Waals surface area contributed by atoms with Crippen LogP contribution in [0.1, 0.15) is 35.3 Å². The summed E-state index contributed by atoms with van der Waals surface area (Å²) in [6.07, 6.45) is 0. The third-order valence-electron chi connectivity index (χ3n) is 4.23. The topological polar surface area (TPSA) is 145 Å². The zero-order valence-electron chi connectivity index (χ0n) is 15.8. The molecule has 1 aliphatic heterocycles. The molecule has 9 nitrogen and oxygen atoms in total. The number of aromatic hydroxyl groups is 2. The van der Waals surface area contributed by atoms with Crippen LogP contribution in [0.3, 0.4) is 0 Å². The number of phenolic OH excluding ortho intramolecular Hbond substituents is 2. The summed E-state index contributed by atoms with van der Waals surface area (Å²) in [5.74, 6) is -2.97. The lowest BCUT2D eigenvalue weighted by molar-refractivity contribution is -0.141. The lowest BCUT2D eigenvalue weighted by Gasteiger charge is -2.24. The van der Waals surface area contributed by atoms with Gasteiger partial charge in [0.2, 0.25) is 5.91 Å². The Morgan fingerprint density at radius 3 is 2.61 bits per heavy atom. The number of amides is 1. The van der Waals surface area contributed by atoms with Crippen LogP contribution in [0.5, 0.6) is 11.5 Å². The maximum Gasteiger partial charge on any atom is 0.339 e. The number of benzene rings is 1. The van der Waals surface area contributed by atoms with Crippen molar-refractivity contribution in [2.75, 3.05) is 12.4 Å². The Kier molecular flexibility index (Phi) is 7.14. The predicted octanol–water partition coefficient (Wildman–Crippen LogP) is 0.746. The van der Waals surface area contributed by atoms with Gasteiger partial charge in [0.15, 0.2) is 0 Å². The molecule has 0 unspecified atom stereocenters. The average molecular weight is 412 g/mol. The summed E-state index contributed by atoms with van der Waals surface area (Å²) in [5, 5.41) is 34.9. The number of cyclic esters (lactones) is 1. The van der Waals surface area contributed by atoms with Gasteiger partial charge in [0, 0.05) is 34.7 Å². The molecule has 1 aliphatic rings. The fourth-order valence-electron chi connectivity index (χ4n) is 2.79. The molecule has 0 radical (unpaired) electrons. The van der Waals surface area contributed by atoms with Crippen LogP contribution < -0.4 is 10.6 Å². The standard InChI is InChI=1S/C18H24N2O7S/c1-8(2)19-11-5-27-18(26)15-9(3)13(21)4-14(22)10(15)6-28-7-12(17(24)25)20-16(11)23/h4,8,11-12,19,21-22H,5-7H2,1-3H3,(H,20,23)(H,24,25)/t11-,12-/m0/s1. The Hall–Kier alpha value is -2.46. The molecular formula is C18H24N2O7S. The van der Waals surface area contributed by atoms with E-state index in [4.69, 9.17) is 4.74 Å². The normalized spacial score (nSPS) is 21.1. The molecular weight excluding hydrogens is 388 g/mol. The monoisotopic (exact) mass is 412 g/mol. The van der Waals surface area contributed by atoms with Crippen LogP contribution in [0.15, 0.2) is 6.07 Å².